The van der Waals surface area contributed by atoms with Gasteiger partial charge in [0.1, 0.15) is 11.6 Å². The second-order valence-corrected chi connectivity index (χ2v) is 4.12. The molecule has 0 aliphatic carbocycles. The van der Waals surface area contributed by atoms with Crippen LogP contribution in [-0.4, -0.2) is 5.78 Å². The molecule has 0 aliphatic heterocycles. The highest BCUT2D eigenvalue weighted by atomic mass is 35.5. The molecule has 2 aromatic rings. The van der Waals surface area contributed by atoms with Gasteiger partial charge in [0.15, 0.2) is 5.78 Å². The predicted octanol–water partition coefficient (Wildman–Crippen LogP) is 3.43. The minimum atomic E-state index is -0.805. The molecule has 0 fully saturated rings. The number of benzene rings is 2. The van der Waals surface area contributed by atoms with Crippen molar-refractivity contribution in [3.05, 3.63) is 64.2 Å². The molecule has 0 aromatic heterocycles. The first-order valence-corrected chi connectivity index (χ1v) is 5.41. The third kappa shape index (κ3) is 2.33. The molecule has 18 heavy (non-hydrogen) atoms. The van der Waals surface area contributed by atoms with Gasteiger partial charge in [0, 0.05) is 16.3 Å². The first kappa shape index (κ1) is 12.5. The fourth-order valence-corrected chi connectivity index (χ4v) is 1.71. The first-order chi connectivity index (χ1) is 8.49. The lowest BCUT2D eigenvalue weighted by atomic mass is 10.0. The highest BCUT2D eigenvalue weighted by molar-refractivity contribution is 6.31. The molecule has 2 N–H and O–H groups in total. The number of rotatable bonds is 2. The van der Waals surface area contributed by atoms with Gasteiger partial charge in [-0.3, -0.25) is 4.79 Å². The van der Waals surface area contributed by atoms with E-state index in [0.29, 0.717) is 5.02 Å². The van der Waals surface area contributed by atoms with E-state index in [1.165, 1.54) is 18.2 Å². The summed E-state index contributed by atoms with van der Waals surface area (Å²) < 4.78 is 26.5. The maximum atomic E-state index is 13.5. The highest BCUT2D eigenvalue weighted by Gasteiger charge is 2.17. The molecule has 2 nitrogen and oxygen atoms in total. The van der Waals surface area contributed by atoms with E-state index in [9.17, 15) is 13.6 Å². The van der Waals surface area contributed by atoms with E-state index in [1.807, 2.05) is 0 Å². The predicted molar refractivity (Wildman–Crippen MR) is 65.7 cm³/mol. The van der Waals surface area contributed by atoms with E-state index >= 15 is 0 Å². The molecule has 0 saturated carbocycles. The molecule has 2 aromatic carbocycles. The van der Waals surface area contributed by atoms with Gasteiger partial charge in [-0.2, -0.15) is 0 Å². The molecule has 0 unspecified atom stereocenters. The second kappa shape index (κ2) is 4.74. The van der Waals surface area contributed by atoms with Crippen LogP contribution in [0.1, 0.15) is 15.9 Å². The summed E-state index contributed by atoms with van der Waals surface area (Å²) in [6, 6.07) is 6.93. The third-order valence-corrected chi connectivity index (χ3v) is 2.67. The van der Waals surface area contributed by atoms with Crippen molar-refractivity contribution in [1.82, 2.24) is 0 Å². The van der Waals surface area contributed by atoms with Crippen molar-refractivity contribution in [1.29, 1.82) is 0 Å². The summed E-state index contributed by atoms with van der Waals surface area (Å²) in [7, 11) is 0. The van der Waals surface area contributed by atoms with Crippen LogP contribution < -0.4 is 5.73 Å². The van der Waals surface area contributed by atoms with E-state index in [4.69, 9.17) is 17.3 Å². The van der Waals surface area contributed by atoms with Gasteiger partial charge >= 0.3 is 0 Å². The Hall–Kier alpha value is -1.94. The fourth-order valence-electron chi connectivity index (χ4n) is 1.54. The number of nitrogen functional groups attached to an aromatic ring is 1. The summed E-state index contributed by atoms with van der Waals surface area (Å²) in [4.78, 5) is 12.0. The molecule has 0 amide bonds. The molecule has 0 radical (unpaired) electrons. The number of carbonyl (C=O) groups is 1. The van der Waals surface area contributed by atoms with E-state index in [1.54, 1.807) is 0 Å². The number of halogens is 3. The van der Waals surface area contributed by atoms with Crippen molar-refractivity contribution in [2.75, 3.05) is 5.73 Å². The van der Waals surface area contributed by atoms with E-state index in [0.717, 1.165) is 18.2 Å². The lowest BCUT2D eigenvalue weighted by Crippen LogP contribution is -2.08. The van der Waals surface area contributed by atoms with Gasteiger partial charge in [-0.25, -0.2) is 8.78 Å². The van der Waals surface area contributed by atoms with Crippen molar-refractivity contribution in [3.8, 4) is 0 Å². The smallest absolute Gasteiger partial charge is 0.198 e. The Morgan fingerprint density at radius 2 is 1.78 bits per heavy atom. The summed E-state index contributed by atoms with van der Waals surface area (Å²) in [6.07, 6.45) is 0. The van der Waals surface area contributed by atoms with Crippen molar-refractivity contribution in [3.63, 3.8) is 0 Å². The van der Waals surface area contributed by atoms with Crippen LogP contribution in [-0.2, 0) is 0 Å². The van der Waals surface area contributed by atoms with E-state index < -0.39 is 17.4 Å². The topological polar surface area (TPSA) is 43.1 Å². The molecular weight excluding hydrogens is 260 g/mol. The Morgan fingerprint density at radius 1 is 1.06 bits per heavy atom. The van der Waals surface area contributed by atoms with Gasteiger partial charge in [0.05, 0.1) is 5.56 Å². The van der Waals surface area contributed by atoms with Gasteiger partial charge in [0.25, 0.3) is 0 Å². The Balaban J connectivity index is 2.54. The summed E-state index contributed by atoms with van der Waals surface area (Å²) >= 11 is 5.74. The lowest BCUT2D eigenvalue weighted by molar-refractivity contribution is 0.103. The van der Waals surface area contributed by atoms with Crippen LogP contribution in [0.4, 0.5) is 14.5 Å². The number of carbonyl (C=O) groups excluding carboxylic acids is 1. The SMILES string of the molecule is Nc1ccc(Cl)cc1C(=O)c1cc(F)ccc1F. The van der Waals surface area contributed by atoms with Gasteiger partial charge in [-0.15, -0.1) is 0 Å². The van der Waals surface area contributed by atoms with Gasteiger partial charge in [0.2, 0.25) is 0 Å². The molecule has 0 aliphatic rings. The monoisotopic (exact) mass is 267 g/mol. The number of hydrogen-bond donors (Lipinski definition) is 1. The van der Waals surface area contributed by atoms with Crippen LogP contribution in [0.25, 0.3) is 0 Å². The molecule has 0 spiro atoms. The van der Waals surface area contributed by atoms with Crippen LogP contribution in [0.2, 0.25) is 5.02 Å². The third-order valence-electron chi connectivity index (χ3n) is 2.43. The highest BCUT2D eigenvalue weighted by Crippen LogP contribution is 2.22. The summed E-state index contributed by atoms with van der Waals surface area (Å²) in [5.41, 5.74) is 5.46. The minimum absolute atomic E-state index is 0.0481. The quantitative estimate of drug-likeness (QED) is 0.669. The Morgan fingerprint density at radius 3 is 2.50 bits per heavy atom. The Bertz CT molecular complexity index is 575. The standard InChI is InChI=1S/C13H8ClF2NO/c14-7-1-4-12(17)10(5-7)13(18)9-6-8(15)2-3-11(9)16/h1-6H,17H2. The van der Waals surface area contributed by atoms with Gasteiger partial charge < -0.3 is 5.73 Å². The molecular formula is C13H8ClF2NO. The molecule has 0 bridgehead atoms. The zero-order chi connectivity index (χ0) is 13.3. The normalized spacial score (nSPS) is 10.4. The van der Waals surface area contributed by atoms with Crippen LogP contribution in [0.5, 0.6) is 0 Å². The molecule has 92 valence electrons. The molecule has 0 saturated heterocycles. The first-order valence-electron chi connectivity index (χ1n) is 5.04. The maximum absolute atomic E-state index is 13.5. The average Bonchev–Trinajstić information content (AvgIpc) is 2.34. The number of nitrogens with two attached hydrogens (primary N) is 1. The Kier molecular flexibility index (Phi) is 3.30. The molecule has 0 atom stereocenters. The largest absolute Gasteiger partial charge is 0.398 e. The summed E-state index contributed by atoms with van der Waals surface area (Å²) in [6.45, 7) is 0. The van der Waals surface area contributed by atoms with E-state index in [-0.39, 0.29) is 16.8 Å². The minimum Gasteiger partial charge on any atom is -0.398 e. The van der Waals surface area contributed by atoms with Crippen LogP contribution in [0.3, 0.4) is 0 Å². The van der Waals surface area contributed by atoms with Gasteiger partial charge in [-0.05, 0) is 36.4 Å². The summed E-state index contributed by atoms with van der Waals surface area (Å²) in [5, 5.41) is 0.296. The number of anilines is 1. The van der Waals surface area contributed by atoms with E-state index in [2.05, 4.69) is 0 Å². The van der Waals surface area contributed by atoms with Crippen molar-refractivity contribution in [2.45, 2.75) is 0 Å². The van der Waals surface area contributed by atoms with Crippen LogP contribution >= 0.6 is 11.6 Å². The fraction of sp³-hybridized carbons (Fsp3) is 0. The van der Waals surface area contributed by atoms with Crippen molar-refractivity contribution < 1.29 is 13.6 Å². The average molecular weight is 268 g/mol. The summed E-state index contributed by atoms with van der Waals surface area (Å²) in [5.74, 6) is -2.20. The molecule has 5 heteroatoms. The lowest BCUT2D eigenvalue weighted by Gasteiger charge is -2.06. The van der Waals surface area contributed by atoms with Crippen molar-refractivity contribution in [2.24, 2.45) is 0 Å². The molecule has 2 rings (SSSR count). The second-order valence-electron chi connectivity index (χ2n) is 3.68. The van der Waals surface area contributed by atoms with Gasteiger partial charge in [-0.1, -0.05) is 11.6 Å². The molecule has 0 heterocycles. The van der Waals surface area contributed by atoms with Crippen molar-refractivity contribution >= 4 is 23.1 Å². The number of ketones is 1. The Labute approximate surface area is 107 Å². The zero-order valence-corrected chi connectivity index (χ0v) is 9.84. The van der Waals surface area contributed by atoms with Crippen LogP contribution in [0, 0.1) is 11.6 Å². The maximum Gasteiger partial charge on any atom is 0.198 e. The van der Waals surface area contributed by atoms with Crippen LogP contribution in [0.15, 0.2) is 36.4 Å². The number of hydrogen-bond acceptors (Lipinski definition) is 2. The zero-order valence-electron chi connectivity index (χ0n) is 9.08.